The first kappa shape index (κ1) is 18.0. The highest BCUT2D eigenvalue weighted by Crippen LogP contribution is 2.17. The number of rotatable bonds is 8. The predicted molar refractivity (Wildman–Crippen MR) is 106 cm³/mol. The maximum Gasteiger partial charge on any atom is 0.0384 e. The van der Waals surface area contributed by atoms with Crippen molar-refractivity contribution < 1.29 is 0 Å². The molecule has 0 unspecified atom stereocenters. The Balaban J connectivity index is 1.77. The van der Waals surface area contributed by atoms with Crippen LogP contribution >= 0.6 is 0 Å². The van der Waals surface area contributed by atoms with E-state index >= 15 is 0 Å². The first-order valence-corrected chi connectivity index (χ1v) is 8.64. The number of allylic oxidation sites excluding steroid dienone is 3. The van der Waals surface area contributed by atoms with Crippen LogP contribution in [0.3, 0.4) is 0 Å². The minimum atomic E-state index is 0.881. The molecule has 0 atom stereocenters. The van der Waals surface area contributed by atoms with Crippen LogP contribution < -0.4 is 10.6 Å². The molecule has 0 aliphatic carbocycles. The van der Waals surface area contributed by atoms with E-state index in [4.69, 9.17) is 0 Å². The highest BCUT2D eigenvalue weighted by atomic mass is 14.9. The van der Waals surface area contributed by atoms with E-state index in [0.29, 0.717) is 0 Å². The van der Waals surface area contributed by atoms with Gasteiger partial charge < -0.3 is 10.6 Å². The van der Waals surface area contributed by atoms with Crippen molar-refractivity contribution in [1.82, 2.24) is 5.32 Å². The topological polar surface area (TPSA) is 24.1 Å². The molecule has 0 fully saturated rings. The minimum absolute atomic E-state index is 0.881. The van der Waals surface area contributed by atoms with Crippen molar-refractivity contribution in [2.24, 2.45) is 0 Å². The van der Waals surface area contributed by atoms with E-state index < -0.39 is 0 Å². The van der Waals surface area contributed by atoms with Gasteiger partial charge in [0.2, 0.25) is 0 Å². The quantitative estimate of drug-likeness (QED) is 0.478. The molecule has 2 aromatic carbocycles. The van der Waals surface area contributed by atoms with Gasteiger partial charge in [0, 0.05) is 24.5 Å². The highest BCUT2D eigenvalue weighted by molar-refractivity contribution is 5.59. The summed E-state index contributed by atoms with van der Waals surface area (Å²) in [5.41, 5.74) is 6.12. The largest absolute Gasteiger partial charge is 0.356 e. The van der Waals surface area contributed by atoms with Crippen LogP contribution in [0.15, 0.2) is 72.3 Å². The molecule has 0 heterocycles. The molecule has 0 bridgehead atoms. The Morgan fingerprint density at radius 1 is 0.958 bits per heavy atom. The second kappa shape index (κ2) is 9.74. The van der Waals surface area contributed by atoms with Crippen LogP contribution in [0.25, 0.3) is 0 Å². The molecular formula is C22H28N2. The lowest BCUT2D eigenvalue weighted by atomic mass is 10.2. The number of hydrogen-bond donors (Lipinski definition) is 2. The molecule has 2 nitrogen and oxygen atoms in total. The van der Waals surface area contributed by atoms with E-state index in [0.717, 1.165) is 30.9 Å². The van der Waals surface area contributed by atoms with Crippen LogP contribution in [0.2, 0.25) is 0 Å². The summed E-state index contributed by atoms with van der Waals surface area (Å²) < 4.78 is 0. The highest BCUT2D eigenvalue weighted by Gasteiger charge is 1.96. The molecule has 0 saturated carbocycles. The van der Waals surface area contributed by atoms with Crippen molar-refractivity contribution in [2.75, 3.05) is 11.9 Å². The Hall–Kier alpha value is -2.32. The second-order valence-electron chi connectivity index (χ2n) is 6.08. The fourth-order valence-electron chi connectivity index (χ4n) is 2.44. The average Bonchev–Trinajstić information content (AvgIpc) is 2.58. The number of aryl methyl sites for hydroxylation is 1. The Kier molecular flexibility index (Phi) is 7.31. The number of hydrogen-bond acceptors (Lipinski definition) is 2. The van der Waals surface area contributed by atoms with Crippen molar-refractivity contribution in [3.05, 3.63) is 83.5 Å². The summed E-state index contributed by atoms with van der Waals surface area (Å²) in [5, 5.41) is 6.86. The van der Waals surface area contributed by atoms with Crippen LogP contribution in [0, 0.1) is 6.92 Å². The van der Waals surface area contributed by atoms with E-state index in [-0.39, 0.29) is 0 Å². The van der Waals surface area contributed by atoms with Gasteiger partial charge in [0.05, 0.1) is 0 Å². The first-order valence-electron chi connectivity index (χ1n) is 8.64. The molecule has 0 radical (unpaired) electrons. The van der Waals surface area contributed by atoms with Gasteiger partial charge in [0.15, 0.2) is 0 Å². The van der Waals surface area contributed by atoms with Gasteiger partial charge in [-0.3, -0.25) is 0 Å². The van der Waals surface area contributed by atoms with Gasteiger partial charge in [-0.25, -0.2) is 0 Å². The molecular weight excluding hydrogens is 292 g/mol. The fourth-order valence-corrected chi connectivity index (χ4v) is 2.44. The predicted octanol–water partition coefficient (Wildman–Crippen LogP) is 5.74. The summed E-state index contributed by atoms with van der Waals surface area (Å²) in [6, 6.07) is 17.0. The average molecular weight is 320 g/mol. The normalized spacial score (nSPS) is 11.9. The van der Waals surface area contributed by atoms with E-state index in [1.54, 1.807) is 0 Å². The van der Waals surface area contributed by atoms with Crippen molar-refractivity contribution in [2.45, 2.75) is 33.7 Å². The summed E-state index contributed by atoms with van der Waals surface area (Å²) in [7, 11) is 0. The fraction of sp³-hybridized carbons (Fsp3) is 0.273. The van der Waals surface area contributed by atoms with Gasteiger partial charge in [0.1, 0.15) is 0 Å². The van der Waals surface area contributed by atoms with Gasteiger partial charge >= 0.3 is 0 Å². The van der Waals surface area contributed by atoms with Crippen molar-refractivity contribution >= 4 is 11.4 Å². The van der Waals surface area contributed by atoms with Crippen molar-refractivity contribution in [1.29, 1.82) is 0 Å². The zero-order valence-corrected chi connectivity index (χ0v) is 15.0. The van der Waals surface area contributed by atoms with Crippen molar-refractivity contribution in [3.63, 3.8) is 0 Å². The Morgan fingerprint density at radius 2 is 1.58 bits per heavy atom. The van der Waals surface area contributed by atoms with Crippen molar-refractivity contribution in [3.8, 4) is 0 Å². The molecule has 0 aromatic heterocycles. The zero-order chi connectivity index (χ0) is 17.2. The van der Waals surface area contributed by atoms with E-state index in [1.807, 2.05) is 0 Å². The van der Waals surface area contributed by atoms with E-state index in [1.165, 1.54) is 16.7 Å². The van der Waals surface area contributed by atoms with Crippen LogP contribution in [0.5, 0.6) is 0 Å². The third kappa shape index (κ3) is 6.43. The molecule has 0 aliphatic rings. The SMILES string of the molecule is CC/C=C(C)\C=C/CNCc1ccc(Nc2ccc(C)cc2)cc1. The third-order valence-electron chi connectivity index (χ3n) is 3.79. The van der Waals surface area contributed by atoms with Gasteiger partial charge in [0.25, 0.3) is 0 Å². The van der Waals surface area contributed by atoms with Crippen LogP contribution in [-0.4, -0.2) is 6.54 Å². The first-order chi connectivity index (χ1) is 11.7. The molecule has 126 valence electrons. The maximum atomic E-state index is 3.44. The Labute approximate surface area is 146 Å². The minimum Gasteiger partial charge on any atom is -0.356 e. The second-order valence-corrected chi connectivity index (χ2v) is 6.08. The maximum absolute atomic E-state index is 3.44. The van der Waals surface area contributed by atoms with Crippen LogP contribution in [-0.2, 0) is 6.54 Å². The molecule has 0 spiro atoms. The molecule has 2 rings (SSSR count). The van der Waals surface area contributed by atoms with Crippen LogP contribution in [0.1, 0.15) is 31.4 Å². The van der Waals surface area contributed by atoms with E-state index in [2.05, 4.69) is 98.2 Å². The number of benzene rings is 2. The molecule has 0 saturated heterocycles. The molecule has 2 aromatic rings. The smallest absolute Gasteiger partial charge is 0.0384 e. The molecule has 2 N–H and O–H groups in total. The van der Waals surface area contributed by atoms with Gasteiger partial charge in [-0.15, -0.1) is 0 Å². The summed E-state index contributed by atoms with van der Waals surface area (Å²) in [4.78, 5) is 0. The van der Waals surface area contributed by atoms with Gasteiger partial charge in [-0.1, -0.05) is 60.6 Å². The zero-order valence-electron chi connectivity index (χ0n) is 15.0. The molecule has 0 amide bonds. The van der Waals surface area contributed by atoms with Crippen LogP contribution in [0.4, 0.5) is 11.4 Å². The Morgan fingerprint density at radius 3 is 2.21 bits per heavy atom. The van der Waals surface area contributed by atoms with Gasteiger partial charge in [-0.2, -0.15) is 0 Å². The monoisotopic (exact) mass is 320 g/mol. The summed E-state index contributed by atoms with van der Waals surface area (Å²) >= 11 is 0. The molecule has 2 heteroatoms. The number of nitrogens with one attached hydrogen (secondary N) is 2. The summed E-state index contributed by atoms with van der Waals surface area (Å²) in [5.74, 6) is 0. The summed E-state index contributed by atoms with van der Waals surface area (Å²) in [6.45, 7) is 8.17. The standard InChI is InChI=1S/C22H28N2/c1-4-6-18(2)7-5-16-23-17-20-10-14-22(15-11-20)24-21-12-8-19(3)9-13-21/h5-15,23-24H,4,16-17H2,1-3H3/b7-5-,18-6-. The summed E-state index contributed by atoms with van der Waals surface area (Å²) in [6.07, 6.45) is 7.67. The molecule has 0 aliphatic heterocycles. The Bertz CT molecular complexity index is 664. The lowest BCUT2D eigenvalue weighted by molar-refractivity contribution is 0.759. The molecule has 24 heavy (non-hydrogen) atoms. The lowest BCUT2D eigenvalue weighted by Crippen LogP contribution is -2.12. The third-order valence-corrected chi connectivity index (χ3v) is 3.79. The lowest BCUT2D eigenvalue weighted by Gasteiger charge is -2.08. The van der Waals surface area contributed by atoms with Gasteiger partial charge in [-0.05, 0) is 50.1 Å². The number of anilines is 2. The van der Waals surface area contributed by atoms with E-state index in [9.17, 15) is 0 Å².